The van der Waals surface area contributed by atoms with Crippen molar-refractivity contribution in [2.24, 2.45) is 0 Å². The van der Waals surface area contributed by atoms with Crippen molar-refractivity contribution < 1.29 is 0 Å². The number of benzene rings is 1. The molecule has 0 unspecified atom stereocenters. The molecule has 0 bridgehead atoms. The van der Waals surface area contributed by atoms with E-state index in [-0.39, 0.29) is 5.54 Å². The lowest BCUT2D eigenvalue weighted by Crippen LogP contribution is -2.35. The number of hydrogen-bond acceptors (Lipinski definition) is 3. The summed E-state index contributed by atoms with van der Waals surface area (Å²) in [5, 5.41) is 3.49. The van der Waals surface area contributed by atoms with Crippen LogP contribution in [-0.2, 0) is 6.54 Å². The first-order valence-electron chi connectivity index (χ1n) is 7.36. The van der Waals surface area contributed by atoms with Gasteiger partial charge < -0.3 is 10.2 Å². The van der Waals surface area contributed by atoms with Gasteiger partial charge in [-0.3, -0.25) is 0 Å². The summed E-state index contributed by atoms with van der Waals surface area (Å²) < 4.78 is 0. The quantitative estimate of drug-likeness (QED) is 0.917. The molecule has 1 heterocycles. The molecule has 112 valence electrons. The molecule has 3 nitrogen and oxygen atoms in total. The highest BCUT2D eigenvalue weighted by Gasteiger charge is 2.11. The maximum Gasteiger partial charge on any atom is 0.135 e. The van der Waals surface area contributed by atoms with Crippen molar-refractivity contribution >= 4 is 11.5 Å². The number of para-hydroxylation sites is 1. The molecule has 1 N–H and O–H groups in total. The van der Waals surface area contributed by atoms with Crippen molar-refractivity contribution in [3.8, 4) is 0 Å². The number of hydrogen-bond donors (Lipinski definition) is 1. The van der Waals surface area contributed by atoms with Crippen LogP contribution >= 0.6 is 0 Å². The zero-order chi connectivity index (χ0) is 15.5. The van der Waals surface area contributed by atoms with Crippen LogP contribution in [0.25, 0.3) is 0 Å². The molecular weight excluding hydrogens is 258 g/mol. The third-order valence-electron chi connectivity index (χ3n) is 3.39. The molecule has 0 radical (unpaired) electrons. The van der Waals surface area contributed by atoms with Gasteiger partial charge in [-0.05, 0) is 57.0 Å². The Hall–Kier alpha value is -1.87. The lowest BCUT2D eigenvalue weighted by atomic mass is 10.1. The second kappa shape index (κ2) is 6.27. The highest BCUT2D eigenvalue weighted by atomic mass is 15.2. The third-order valence-corrected chi connectivity index (χ3v) is 3.39. The van der Waals surface area contributed by atoms with Gasteiger partial charge in [0.15, 0.2) is 0 Å². The Labute approximate surface area is 128 Å². The first-order chi connectivity index (χ1) is 9.87. The van der Waals surface area contributed by atoms with Crippen molar-refractivity contribution in [3.63, 3.8) is 0 Å². The Kier molecular flexibility index (Phi) is 4.63. The lowest BCUT2D eigenvalue weighted by Gasteiger charge is -2.22. The minimum Gasteiger partial charge on any atom is -0.329 e. The molecular formula is C18H25N3. The second-order valence-electron chi connectivity index (χ2n) is 6.48. The number of pyridine rings is 1. The average molecular weight is 283 g/mol. The summed E-state index contributed by atoms with van der Waals surface area (Å²) in [5.74, 6) is 1.00. The zero-order valence-electron chi connectivity index (χ0n) is 13.6. The molecule has 2 aromatic rings. The predicted octanol–water partition coefficient (Wildman–Crippen LogP) is 4.05. The van der Waals surface area contributed by atoms with Gasteiger partial charge in [0.2, 0.25) is 0 Å². The second-order valence-corrected chi connectivity index (χ2v) is 6.48. The van der Waals surface area contributed by atoms with E-state index in [1.807, 2.05) is 24.4 Å². The van der Waals surface area contributed by atoms with Gasteiger partial charge >= 0.3 is 0 Å². The van der Waals surface area contributed by atoms with Crippen LogP contribution in [0.3, 0.4) is 0 Å². The van der Waals surface area contributed by atoms with Crippen LogP contribution in [0, 0.1) is 6.92 Å². The highest BCUT2D eigenvalue weighted by molar-refractivity contribution is 5.61. The molecule has 1 aromatic heterocycles. The smallest absolute Gasteiger partial charge is 0.135 e. The number of anilines is 2. The van der Waals surface area contributed by atoms with Crippen LogP contribution in [0.5, 0.6) is 0 Å². The first-order valence-corrected chi connectivity index (χ1v) is 7.36. The Balaban J connectivity index is 2.16. The Morgan fingerprint density at radius 2 is 1.81 bits per heavy atom. The maximum absolute atomic E-state index is 4.64. The molecule has 0 atom stereocenters. The minimum absolute atomic E-state index is 0.118. The summed E-state index contributed by atoms with van der Waals surface area (Å²) in [7, 11) is 2.05. The van der Waals surface area contributed by atoms with E-state index in [1.165, 1.54) is 11.1 Å². The van der Waals surface area contributed by atoms with E-state index in [0.717, 1.165) is 18.1 Å². The number of aromatic nitrogens is 1. The molecule has 0 aliphatic rings. The van der Waals surface area contributed by atoms with Crippen molar-refractivity contribution in [1.29, 1.82) is 0 Å². The first kappa shape index (κ1) is 15.5. The van der Waals surface area contributed by atoms with Gasteiger partial charge in [-0.15, -0.1) is 0 Å². The van der Waals surface area contributed by atoms with Crippen molar-refractivity contribution in [1.82, 2.24) is 10.3 Å². The number of nitrogens with one attached hydrogen (secondary N) is 1. The predicted molar refractivity (Wildman–Crippen MR) is 90.1 cm³/mol. The SMILES string of the molecule is Cc1cc(CNC(C)(C)C)cnc1N(C)c1ccccc1. The fourth-order valence-electron chi connectivity index (χ4n) is 2.21. The van der Waals surface area contributed by atoms with E-state index in [4.69, 9.17) is 0 Å². The van der Waals surface area contributed by atoms with Gasteiger partial charge in [0.1, 0.15) is 5.82 Å². The molecule has 0 saturated heterocycles. The molecule has 0 aliphatic carbocycles. The summed E-state index contributed by atoms with van der Waals surface area (Å²) in [4.78, 5) is 6.76. The minimum atomic E-state index is 0.118. The van der Waals surface area contributed by atoms with E-state index in [9.17, 15) is 0 Å². The fourth-order valence-corrected chi connectivity index (χ4v) is 2.21. The highest BCUT2D eigenvalue weighted by Crippen LogP contribution is 2.24. The summed E-state index contributed by atoms with van der Waals surface area (Å²) in [6.45, 7) is 9.47. The number of aryl methyl sites for hydroxylation is 1. The van der Waals surface area contributed by atoms with Gasteiger partial charge in [-0.1, -0.05) is 18.2 Å². The van der Waals surface area contributed by atoms with E-state index < -0.39 is 0 Å². The largest absolute Gasteiger partial charge is 0.329 e. The Bertz CT molecular complexity index is 585. The third kappa shape index (κ3) is 4.30. The van der Waals surface area contributed by atoms with Crippen LogP contribution in [0.1, 0.15) is 31.9 Å². The molecule has 0 saturated carbocycles. The molecule has 1 aromatic carbocycles. The van der Waals surface area contributed by atoms with Gasteiger partial charge in [0, 0.05) is 31.0 Å². The van der Waals surface area contributed by atoms with Crippen LogP contribution in [0.15, 0.2) is 42.6 Å². The summed E-state index contributed by atoms with van der Waals surface area (Å²) in [6, 6.07) is 12.5. The monoisotopic (exact) mass is 283 g/mol. The van der Waals surface area contributed by atoms with Crippen molar-refractivity contribution in [2.75, 3.05) is 11.9 Å². The molecule has 2 rings (SSSR count). The Morgan fingerprint density at radius 1 is 1.14 bits per heavy atom. The topological polar surface area (TPSA) is 28.2 Å². The fraction of sp³-hybridized carbons (Fsp3) is 0.389. The summed E-state index contributed by atoms with van der Waals surface area (Å²) in [6.07, 6.45) is 1.96. The molecule has 0 spiro atoms. The molecule has 0 fully saturated rings. The van der Waals surface area contributed by atoms with Crippen LogP contribution in [0.2, 0.25) is 0 Å². The van der Waals surface area contributed by atoms with Gasteiger partial charge in [0.25, 0.3) is 0 Å². The molecule has 21 heavy (non-hydrogen) atoms. The lowest BCUT2D eigenvalue weighted by molar-refractivity contribution is 0.424. The van der Waals surface area contributed by atoms with Gasteiger partial charge in [-0.2, -0.15) is 0 Å². The van der Waals surface area contributed by atoms with Crippen LogP contribution in [0.4, 0.5) is 11.5 Å². The summed E-state index contributed by atoms with van der Waals surface area (Å²) in [5.41, 5.74) is 3.67. The normalized spacial score (nSPS) is 11.5. The van der Waals surface area contributed by atoms with Crippen molar-refractivity contribution in [3.05, 3.63) is 53.7 Å². The Morgan fingerprint density at radius 3 is 2.38 bits per heavy atom. The number of rotatable bonds is 4. The average Bonchev–Trinajstić information content (AvgIpc) is 2.45. The van der Waals surface area contributed by atoms with E-state index >= 15 is 0 Å². The molecule has 0 amide bonds. The van der Waals surface area contributed by atoms with E-state index in [0.29, 0.717) is 0 Å². The summed E-state index contributed by atoms with van der Waals surface area (Å²) >= 11 is 0. The van der Waals surface area contributed by atoms with Crippen LogP contribution in [-0.4, -0.2) is 17.6 Å². The standard InChI is InChI=1S/C18H25N3/c1-14-11-15(13-20-18(2,3)4)12-19-17(14)21(5)16-9-7-6-8-10-16/h6-12,20H,13H2,1-5H3. The zero-order valence-corrected chi connectivity index (χ0v) is 13.6. The van der Waals surface area contributed by atoms with Gasteiger partial charge in [-0.25, -0.2) is 4.98 Å². The van der Waals surface area contributed by atoms with E-state index in [2.05, 4.69) is 68.1 Å². The molecule has 3 heteroatoms. The maximum atomic E-state index is 4.64. The van der Waals surface area contributed by atoms with Gasteiger partial charge in [0.05, 0.1) is 0 Å². The van der Waals surface area contributed by atoms with Crippen LogP contribution < -0.4 is 10.2 Å². The van der Waals surface area contributed by atoms with Crippen molar-refractivity contribution in [2.45, 2.75) is 39.8 Å². The van der Waals surface area contributed by atoms with E-state index in [1.54, 1.807) is 0 Å². The molecule has 0 aliphatic heterocycles. The number of nitrogens with zero attached hydrogens (tertiary/aromatic N) is 2.